The van der Waals surface area contributed by atoms with Gasteiger partial charge in [0.2, 0.25) is 0 Å². The highest BCUT2D eigenvalue weighted by Gasteiger charge is 2.23. The number of para-hydroxylation sites is 1. The first kappa shape index (κ1) is 19.8. The van der Waals surface area contributed by atoms with Crippen molar-refractivity contribution in [3.63, 3.8) is 0 Å². The van der Waals surface area contributed by atoms with Gasteiger partial charge in [0.05, 0.1) is 18.3 Å². The van der Waals surface area contributed by atoms with Gasteiger partial charge >= 0.3 is 0 Å². The van der Waals surface area contributed by atoms with Crippen LogP contribution in [-0.2, 0) is 9.47 Å². The van der Waals surface area contributed by atoms with E-state index < -0.39 is 0 Å². The molecule has 0 bridgehead atoms. The zero-order valence-corrected chi connectivity index (χ0v) is 16.6. The maximum Gasteiger partial charge on any atom is 0.0840 e. The van der Waals surface area contributed by atoms with E-state index in [4.69, 9.17) is 9.47 Å². The zero-order chi connectivity index (χ0) is 18.9. The van der Waals surface area contributed by atoms with Crippen molar-refractivity contribution in [1.82, 2.24) is 4.98 Å². The molecule has 1 aliphatic rings. The molecule has 2 aromatic rings. The second-order valence-electron chi connectivity index (χ2n) is 7.30. The Hall–Kier alpha value is -1.91. The maximum absolute atomic E-state index is 6.39. The van der Waals surface area contributed by atoms with Gasteiger partial charge in [-0.05, 0) is 63.3 Å². The monoisotopic (exact) mass is 368 g/mol. The summed E-state index contributed by atoms with van der Waals surface area (Å²) in [7, 11) is 0. The summed E-state index contributed by atoms with van der Waals surface area (Å²) >= 11 is 0. The highest BCUT2D eigenvalue weighted by Crippen LogP contribution is 2.26. The fourth-order valence-corrected chi connectivity index (χ4v) is 3.82. The summed E-state index contributed by atoms with van der Waals surface area (Å²) < 4.78 is 12.3. The van der Waals surface area contributed by atoms with Gasteiger partial charge in [-0.3, -0.25) is 4.98 Å². The molecule has 4 nitrogen and oxygen atoms in total. The van der Waals surface area contributed by atoms with Gasteiger partial charge in [0.1, 0.15) is 0 Å². The van der Waals surface area contributed by atoms with Crippen LogP contribution in [0.1, 0.15) is 51.2 Å². The van der Waals surface area contributed by atoms with Crippen molar-refractivity contribution in [2.45, 2.75) is 57.8 Å². The number of aromatic nitrogens is 1. The van der Waals surface area contributed by atoms with Crippen molar-refractivity contribution in [3.05, 3.63) is 60.4 Å². The van der Waals surface area contributed by atoms with Gasteiger partial charge < -0.3 is 14.4 Å². The van der Waals surface area contributed by atoms with Crippen LogP contribution in [0.15, 0.2) is 54.9 Å². The molecule has 1 saturated heterocycles. The average Bonchev–Trinajstić information content (AvgIpc) is 2.72. The van der Waals surface area contributed by atoms with Crippen LogP contribution in [0.2, 0.25) is 0 Å². The molecule has 1 aliphatic heterocycles. The number of rotatable bonds is 9. The van der Waals surface area contributed by atoms with Gasteiger partial charge in [0.15, 0.2) is 0 Å². The fraction of sp³-hybridized carbons (Fsp3) is 0.522. The number of hydrogen-bond donors (Lipinski definition) is 0. The molecule has 146 valence electrons. The molecule has 0 N–H and O–H groups in total. The smallest absolute Gasteiger partial charge is 0.0840 e. The van der Waals surface area contributed by atoms with Crippen LogP contribution >= 0.6 is 0 Å². The largest absolute Gasteiger partial charge is 0.374 e. The molecule has 4 heteroatoms. The van der Waals surface area contributed by atoms with Crippen molar-refractivity contribution in [2.75, 3.05) is 24.6 Å². The fourth-order valence-electron chi connectivity index (χ4n) is 3.82. The lowest BCUT2D eigenvalue weighted by atomic mass is 10.0. The van der Waals surface area contributed by atoms with Gasteiger partial charge in [-0.25, -0.2) is 0 Å². The number of anilines is 1. The Balaban J connectivity index is 1.48. The van der Waals surface area contributed by atoms with Gasteiger partial charge in [-0.2, -0.15) is 0 Å². The van der Waals surface area contributed by atoms with Crippen LogP contribution in [0, 0.1) is 0 Å². The van der Waals surface area contributed by atoms with E-state index in [1.54, 1.807) is 6.20 Å². The van der Waals surface area contributed by atoms with Crippen LogP contribution in [-0.4, -0.2) is 36.9 Å². The minimum Gasteiger partial charge on any atom is -0.374 e. The summed E-state index contributed by atoms with van der Waals surface area (Å²) in [6, 6.07) is 14.7. The summed E-state index contributed by atoms with van der Waals surface area (Å²) in [5.41, 5.74) is 2.45. The molecular formula is C23H32N2O2. The van der Waals surface area contributed by atoms with Gasteiger partial charge in [0.25, 0.3) is 0 Å². The van der Waals surface area contributed by atoms with Gasteiger partial charge in [-0.15, -0.1) is 0 Å². The summed E-state index contributed by atoms with van der Waals surface area (Å²) in [6.45, 7) is 7.04. The molecule has 1 aromatic carbocycles. The average molecular weight is 369 g/mol. The van der Waals surface area contributed by atoms with E-state index in [2.05, 4.69) is 53.2 Å². The Bertz CT molecular complexity index is 650. The molecule has 0 saturated carbocycles. The van der Waals surface area contributed by atoms with Crippen LogP contribution in [0.3, 0.4) is 0 Å². The number of pyridine rings is 1. The highest BCUT2D eigenvalue weighted by molar-refractivity contribution is 5.46. The minimum atomic E-state index is 0.0990. The Kier molecular flexibility index (Phi) is 7.66. The predicted octanol–water partition coefficient (Wildman–Crippen LogP) is 5.01. The van der Waals surface area contributed by atoms with E-state index in [0.717, 1.165) is 37.9 Å². The Labute approximate surface area is 163 Å². The molecule has 1 fully saturated rings. The number of benzene rings is 1. The first-order chi connectivity index (χ1) is 13.3. The summed E-state index contributed by atoms with van der Waals surface area (Å²) in [5.74, 6) is 0. The molecular weight excluding hydrogens is 336 g/mol. The van der Waals surface area contributed by atoms with E-state index in [9.17, 15) is 0 Å². The van der Waals surface area contributed by atoms with E-state index >= 15 is 0 Å². The molecule has 2 heterocycles. The third-order valence-electron chi connectivity index (χ3n) is 5.18. The third-order valence-corrected chi connectivity index (χ3v) is 5.18. The van der Waals surface area contributed by atoms with Crippen molar-refractivity contribution < 1.29 is 9.47 Å². The second-order valence-corrected chi connectivity index (χ2v) is 7.30. The van der Waals surface area contributed by atoms with Crippen LogP contribution < -0.4 is 4.90 Å². The second kappa shape index (κ2) is 10.4. The Morgan fingerprint density at radius 3 is 2.74 bits per heavy atom. The van der Waals surface area contributed by atoms with Gasteiger partial charge in [-0.1, -0.05) is 24.3 Å². The number of ether oxygens (including phenoxy) is 2. The molecule has 0 aliphatic carbocycles. The molecule has 0 radical (unpaired) electrons. The first-order valence-corrected chi connectivity index (χ1v) is 10.2. The molecule has 2 unspecified atom stereocenters. The quantitative estimate of drug-likeness (QED) is 0.623. The normalized spacial score (nSPS) is 19.6. The summed E-state index contributed by atoms with van der Waals surface area (Å²) in [4.78, 5) is 6.67. The van der Waals surface area contributed by atoms with E-state index in [1.807, 2.05) is 19.2 Å². The highest BCUT2D eigenvalue weighted by atomic mass is 16.5. The molecule has 1 aromatic heterocycles. The SMILES string of the molecule is CCO[C@H](CCC(C)OC1CCCN(c2ccccc2)C1)c1cccnc1. The Morgan fingerprint density at radius 1 is 1.15 bits per heavy atom. The molecule has 0 spiro atoms. The van der Waals surface area contributed by atoms with Crippen molar-refractivity contribution in [1.29, 1.82) is 0 Å². The van der Waals surface area contributed by atoms with Crippen LogP contribution in [0.4, 0.5) is 5.69 Å². The standard InChI is InChI=1S/C23H32N2O2/c1-3-26-23(20-9-7-15-24-17-20)14-13-19(2)27-22-12-8-16-25(18-22)21-10-5-4-6-11-21/h4-7,9-11,15,17,19,22-23H,3,8,12-14,16,18H2,1-2H3/t19?,22?,23-/m1/s1. The lowest BCUT2D eigenvalue weighted by Gasteiger charge is -2.35. The molecule has 0 amide bonds. The summed E-state index contributed by atoms with van der Waals surface area (Å²) in [6.07, 6.45) is 8.61. The lowest BCUT2D eigenvalue weighted by Crippen LogP contribution is -2.41. The minimum absolute atomic E-state index is 0.0990. The predicted molar refractivity (Wildman–Crippen MR) is 110 cm³/mol. The van der Waals surface area contributed by atoms with Crippen molar-refractivity contribution in [2.24, 2.45) is 0 Å². The molecule has 3 rings (SSSR count). The van der Waals surface area contributed by atoms with Gasteiger partial charge in [0, 0.05) is 37.8 Å². The van der Waals surface area contributed by atoms with Crippen LogP contribution in [0.5, 0.6) is 0 Å². The van der Waals surface area contributed by atoms with E-state index in [0.29, 0.717) is 12.7 Å². The number of nitrogens with zero attached hydrogens (tertiary/aromatic N) is 2. The number of hydrogen-bond acceptors (Lipinski definition) is 4. The first-order valence-electron chi connectivity index (χ1n) is 10.2. The van der Waals surface area contributed by atoms with E-state index in [-0.39, 0.29) is 12.2 Å². The molecule has 3 atom stereocenters. The zero-order valence-electron chi connectivity index (χ0n) is 16.6. The van der Waals surface area contributed by atoms with Crippen LogP contribution in [0.25, 0.3) is 0 Å². The lowest BCUT2D eigenvalue weighted by molar-refractivity contribution is -0.0244. The van der Waals surface area contributed by atoms with Crippen molar-refractivity contribution in [3.8, 4) is 0 Å². The van der Waals surface area contributed by atoms with E-state index in [1.165, 1.54) is 12.1 Å². The molecule has 27 heavy (non-hydrogen) atoms. The van der Waals surface area contributed by atoms with Crippen molar-refractivity contribution >= 4 is 5.69 Å². The topological polar surface area (TPSA) is 34.6 Å². The maximum atomic E-state index is 6.39. The third kappa shape index (κ3) is 6.05. The summed E-state index contributed by atoms with van der Waals surface area (Å²) in [5, 5.41) is 0. The Morgan fingerprint density at radius 2 is 2.00 bits per heavy atom. The number of piperidine rings is 1.